The largest absolute Gasteiger partial charge is 0.356 e. The van der Waals surface area contributed by atoms with Crippen molar-refractivity contribution < 1.29 is 0 Å². The molecule has 0 aromatic heterocycles. The van der Waals surface area contributed by atoms with E-state index in [-0.39, 0.29) is 0 Å². The molecule has 1 aliphatic carbocycles. The van der Waals surface area contributed by atoms with E-state index in [9.17, 15) is 0 Å². The molecule has 2 rings (SSSR count). The van der Waals surface area contributed by atoms with Gasteiger partial charge in [-0.2, -0.15) is 0 Å². The zero-order valence-corrected chi connectivity index (χ0v) is 9.60. The van der Waals surface area contributed by atoms with Crippen molar-refractivity contribution in [3.63, 3.8) is 0 Å². The van der Waals surface area contributed by atoms with E-state index in [2.05, 4.69) is 15.6 Å². The summed E-state index contributed by atoms with van der Waals surface area (Å²) < 4.78 is 0. The third-order valence-electron chi connectivity index (χ3n) is 3.45. The van der Waals surface area contributed by atoms with Crippen LogP contribution < -0.4 is 10.6 Å². The van der Waals surface area contributed by atoms with Gasteiger partial charge in [-0.15, -0.1) is 0 Å². The van der Waals surface area contributed by atoms with Gasteiger partial charge < -0.3 is 10.6 Å². The van der Waals surface area contributed by atoms with Gasteiger partial charge in [0, 0.05) is 19.6 Å². The highest BCUT2D eigenvalue weighted by Gasteiger charge is 2.14. The lowest BCUT2D eigenvalue weighted by Crippen LogP contribution is -2.41. The van der Waals surface area contributed by atoms with Crippen LogP contribution in [0.1, 0.15) is 44.9 Å². The third kappa shape index (κ3) is 3.73. The van der Waals surface area contributed by atoms with Gasteiger partial charge >= 0.3 is 0 Å². The molecule has 2 aliphatic rings. The number of aliphatic imine (C=N–C) groups is 1. The van der Waals surface area contributed by atoms with Crippen molar-refractivity contribution in [2.75, 3.05) is 19.6 Å². The summed E-state index contributed by atoms with van der Waals surface area (Å²) in [4.78, 5) is 4.39. The van der Waals surface area contributed by atoms with Gasteiger partial charge in [0.15, 0.2) is 5.96 Å². The number of nitrogens with one attached hydrogen (secondary N) is 2. The first-order valence-electron chi connectivity index (χ1n) is 6.47. The minimum atomic E-state index is 0.984. The number of rotatable bonds is 4. The van der Waals surface area contributed by atoms with E-state index >= 15 is 0 Å². The second-order valence-corrected chi connectivity index (χ2v) is 4.73. The Balaban J connectivity index is 1.52. The fourth-order valence-electron chi connectivity index (χ4n) is 2.55. The van der Waals surface area contributed by atoms with Crippen LogP contribution in [-0.2, 0) is 0 Å². The zero-order chi connectivity index (χ0) is 10.3. The Morgan fingerprint density at radius 2 is 2.13 bits per heavy atom. The molecule has 1 aliphatic heterocycles. The predicted molar refractivity (Wildman–Crippen MR) is 64.1 cm³/mol. The molecular weight excluding hydrogens is 186 g/mol. The molecule has 0 radical (unpaired) electrons. The summed E-state index contributed by atoms with van der Waals surface area (Å²) in [6.07, 6.45) is 9.75. The van der Waals surface area contributed by atoms with E-state index in [0.29, 0.717) is 0 Å². The van der Waals surface area contributed by atoms with Gasteiger partial charge in [0.1, 0.15) is 0 Å². The molecular formula is C12H23N3. The quantitative estimate of drug-likeness (QED) is 0.694. The summed E-state index contributed by atoms with van der Waals surface area (Å²) in [5.74, 6) is 2.04. The van der Waals surface area contributed by atoms with Crippen molar-refractivity contribution in [3.8, 4) is 0 Å². The van der Waals surface area contributed by atoms with Gasteiger partial charge in [-0.1, -0.05) is 25.7 Å². The van der Waals surface area contributed by atoms with Crippen molar-refractivity contribution in [3.05, 3.63) is 0 Å². The molecule has 3 heteroatoms. The molecule has 1 fully saturated rings. The summed E-state index contributed by atoms with van der Waals surface area (Å²) in [6, 6.07) is 0. The zero-order valence-electron chi connectivity index (χ0n) is 9.60. The van der Waals surface area contributed by atoms with Crippen LogP contribution in [0.5, 0.6) is 0 Å². The first-order chi connectivity index (χ1) is 7.45. The highest BCUT2D eigenvalue weighted by Crippen LogP contribution is 2.28. The van der Waals surface area contributed by atoms with Crippen molar-refractivity contribution in [1.82, 2.24) is 10.6 Å². The molecule has 0 aromatic rings. The van der Waals surface area contributed by atoms with E-state index in [1.165, 1.54) is 44.9 Å². The molecule has 0 atom stereocenters. The van der Waals surface area contributed by atoms with Gasteiger partial charge in [0.25, 0.3) is 0 Å². The highest BCUT2D eigenvalue weighted by molar-refractivity contribution is 5.80. The Morgan fingerprint density at radius 1 is 1.27 bits per heavy atom. The molecule has 1 heterocycles. The Kier molecular flexibility index (Phi) is 4.30. The third-order valence-corrected chi connectivity index (χ3v) is 3.45. The summed E-state index contributed by atoms with van der Waals surface area (Å²) in [6.45, 7) is 3.15. The first-order valence-corrected chi connectivity index (χ1v) is 6.47. The number of hydrogen-bond acceptors (Lipinski definition) is 3. The van der Waals surface area contributed by atoms with Crippen LogP contribution in [0.25, 0.3) is 0 Å². The van der Waals surface area contributed by atoms with Crippen molar-refractivity contribution in [1.29, 1.82) is 0 Å². The molecule has 0 aromatic carbocycles. The maximum absolute atomic E-state index is 4.39. The summed E-state index contributed by atoms with van der Waals surface area (Å²) in [7, 11) is 0. The second-order valence-electron chi connectivity index (χ2n) is 4.73. The average Bonchev–Trinajstić information content (AvgIpc) is 2.79. The van der Waals surface area contributed by atoms with Gasteiger partial charge in [-0.3, -0.25) is 4.99 Å². The van der Waals surface area contributed by atoms with Crippen LogP contribution >= 0.6 is 0 Å². The standard InChI is InChI=1S/C12H23N3/c1-2-6-11(5-1)7-3-8-13-12-14-9-4-10-15-12/h11H,1-10H2,(H2,13,14,15). The summed E-state index contributed by atoms with van der Waals surface area (Å²) in [5.41, 5.74) is 0. The molecule has 0 amide bonds. The lowest BCUT2D eigenvalue weighted by atomic mass is 10.0. The smallest absolute Gasteiger partial charge is 0.191 e. The van der Waals surface area contributed by atoms with E-state index in [1.807, 2.05) is 0 Å². The Labute approximate surface area is 92.7 Å². The Bertz CT molecular complexity index is 207. The van der Waals surface area contributed by atoms with E-state index in [0.717, 1.165) is 31.5 Å². The molecule has 3 nitrogen and oxygen atoms in total. The molecule has 86 valence electrons. The van der Waals surface area contributed by atoms with Crippen LogP contribution in [0.3, 0.4) is 0 Å². The van der Waals surface area contributed by atoms with Gasteiger partial charge in [-0.05, 0) is 25.2 Å². The molecule has 0 bridgehead atoms. The minimum Gasteiger partial charge on any atom is -0.356 e. The molecule has 2 N–H and O–H groups in total. The molecule has 0 saturated heterocycles. The van der Waals surface area contributed by atoms with Gasteiger partial charge in [0.2, 0.25) is 0 Å². The lowest BCUT2D eigenvalue weighted by Gasteiger charge is -2.16. The van der Waals surface area contributed by atoms with E-state index in [4.69, 9.17) is 0 Å². The molecule has 1 saturated carbocycles. The van der Waals surface area contributed by atoms with Gasteiger partial charge in [0.05, 0.1) is 0 Å². The number of hydrogen-bond donors (Lipinski definition) is 2. The van der Waals surface area contributed by atoms with E-state index in [1.54, 1.807) is 0 Å². The SMILES string of the molecule is C1CN=C(NCCCC2CCCC2)NC1. The fraction of sp³-hybridized carbons (Fsp3) is 0.917. The molecule has 15 heavy (non-hydrogen) atoms. The topological polar surface area (TPSA) is 36.4 Å². The first kappa shape index (κ1) is 10.8. The van der Waals surface area contributed by atoms with Crippen LogP contribution in [0, 0.1) is 5.92 Å². The Hall–Kier alpha value is -0.730. The summed E-state index contributed by atoms with van der Waals surface area (Å²) >= 11 is 0. The Morgan fingerprint density at radius 3 is 2.87 bits per heavy atom. The lowest BCUT2D eigenvalue weighted by molar-refractivity contribution is 0.481. The predicted octanol–water partition coefficient (Wildman–Crippen LogP) is 1.90. The van der Waals surface area contributed by atoms with Crippen LogP contribution in [-0.4, -0.2) is 25.6 Å². The molecule has 0 spiro atoms. The maximum Gasteiger partial charge on any atom is 0.191 e. The monoisotopic (exact) mass is 209 g/mol. The number of guanidine groups is 1. The van der Waals surface area contributed by atoms with E-state index < -0.39 is 0 Å². The fourth-order valence-corrected chi connectivity index (χ4v) is 2.55. The van der Waals surface area contributed by atoms with Crippen molar-refractivity contribution in [2.24, 2.45) is 10.9 Å². The van der Waals surface area contributed by atoms with Gasteiger partial charge in [-0.25, -0.2) is 0 Å². The number of nitrogens with zero attached hydrogens (tertiary/aromatic N) is 1. The minimum absolute atomic E-state index is 0.984. The van der Waals surface area contributed by atoms with Crippen LogP contribution in [0.2, 0.25) is 0 Å². The van der Waals surface area contributed by atoms with Crippen LogP contribution in [0.15, 0.2) is 4.99 Å². The normalized spacial score (nSPS) is 22.3. The highest BCUT2D eigenvalue weighted by atomic mass is 15.2. The van der Waals surface area contributed by atoms with Crippen LogP contribution in [0.4, 0.5) is 0 Å². The summed E-state index contributed by atoms with van der Waals surface area (Å²) in [5, 5.41) is 6.67. The van der Waals surface area contributed by atoms with Crippen molar-refractivity contribution >= 4 is 5.96 Å². The maximum atomic E-state index is 4.39. The van der Waals surface area contributed by atoms with Crippen molar-refractivity contribution in [2.45, 2.75) is 44.9 Å². The molecule has 0 unspecified atom stereocenters. The second kappa shape index (κ2) is 5.99. The average molecular weight is 209 g/mol.